The van der Waals surface area contributed by atoms with Crippen LogP contribution in [0.25, 0.3) is 0 Å². The molecule has 0 atom stereocenters. The van der Waals surface area contributed by atoms with Crippen LogP contribution in [0.5, 0.6) is 0 Å². The molecule has 0 spiro atoms. The fourth-order valence-electron chi connectivity index (χ4n) is 1.15. The summed E-state index contributed by atoms with van der Waals surface area (Å²) in [6.45, 7) is 0. The summed E-state index contributed by atoms with van der Waals surface area (Å²) in [5, 5.41) is 0. The molecule has 0 fully saturated rings. The zero-order valence-electron chi connectivity index (χ0n) is 10.1. The number of thiocarbonyl (C=S) groups is 2. The largest absolute Gasteiger partial charge is 2.00 e. The van der Waals surface area contributed by atoms with Crippen molar-refractivity contribution >= 4 is 58.1 Å². The predicted molar refractivity (Wildman–Crippen MR) is 91.0 cm³/mol. The molecule has 0 saturated carbocycles. The Kier molecular flexibility index (Phi) is 10.3. The molecule has 2 rings (SSSR count). The van der Waals surface area contributed by atoms with Gasteiger partial charge >= 0.3 is 19.5 Å². The van der Waals surface area contributed by atoms with Crippen molar-refractivity contribution in [3.05, 3.63) is 71.8 Å². The minimum atomic E-state index is 0. The summed E-state index contributed by atoms with van der Waals surface area (Å²) in [6, 6.07) is 19.2. The molecule has 0 radical (unpaired) electrons. The van der Waals surface area contributed by atoms with E-state index in [2.05, 4.69) is 0 Å². The van der Waals surface area contributed by atoms with E-state index < -0.39 is 0 Å². The second-order valence-corrected chi connectivity index (χ2v) is 5.46. The Morgan fingerprint density at radius 3 is 1.05 bits per heavy atom. The van der Waals surface area contributed by atoms with E-state index in [0.29, 0.717) is 8.39 Å². The first-order valence-electron chi connectivity index (χ1n) is 5.14. The monoisotopic (exact) mass is 370 g/mol. The number of rotatable bonds is 2. The molecule has 2 aromatic rings. The van der Waals surface area contributed by atoms with Crippen LogP contribution in [0.2, 0.25) is 0 Å². The Bertz CT molecular complexity index is 462. The molecule has 0 N–H and O–H groups in total. The fourth-order valence-corrected chi connectivity index (χ4v) is 1.69. The maximum absolute atomic E-state index is 4.78. The third-order valence-corrected chi connectivity index (χ3v) is 2.96. The SMILES string of the molecule is S=C([S-])c1ccccc1.S=C([S-])c1ccccc1.[Zn+2]. The molecule has 5 heteroatoms. The van der Waals surface area contributed by atoms with Crippen molar-refractivity contribution in [3.63, 3.8) is 0 Å². The zero-order chi connectivity index (χ0) is 13.4. The van der Waals surface area contributed by atoms with Gasteiger partial charge in [0.1, 0.15) is 0 Å². The maximum Gasteiger partial charge on any atom is 2.00 e. The van der Waals surface area contributed by atoms with Gasteiger partial charge in [-0.05, 0) is 11.1 Å². The Morgan fingerprint density at radius 2 is 0.895 bits per heavy atom. The van der Waals surface area contributed by atoms with Crippen LogP contribution in [0.4, 0.5) is 0 Å². The van der Waals surface area contributed by atoms with Gasteiger partial charge in [-0.15, -0.1) is 8.39 Å². The van der Waals surface area contributed by atoms with E-state index in [9.17, 15) is 0 Å². The van der Waals surface area contributed by atoms with Gasteiger partial charge in [0.25, 0.3) is 0 Å². The van der Waals surface area contributed by atoms with Crippen molar-refractivity contribution in [2.45, 2.75) is 0 Å². The van der Waals surface area contributed by atoms with Crippen LogP contribution in [-0.4, -0.2) is 8.39 Å². The standard InChI is InChI=1S/2C7H6S2.Zn/c2*8-7(9)6-4-2-1-3-5-6;/h2*1-5H,(H,8,9);/q;;+2/p-2. The first-order valence-corrected chi connectivity index (χ1v) is 6.77. The first-order chi connectivity index (χ1) is 8.61. The maximum atomic E-state index is 4.78. The Hall–Kier alpha value is -0.317. The summed E-state index contributed by atoms with van der Waals surface area (Å²) < 4.78 is 1.08. The van der Waals surface area contributed by atoms with Crippen LogP contribution in [0, 0.1) is 0 Å². The van der Waals surface area contributed by atoms with Gasteiger partial charge < -0.3 is 49.7 Å². The summed E-state index contributed by atoms with van der Waals surface area (Å²) in [5.74, 6) is 0. The summed E-state index contributed by atoms with van der Waals surface area (Å²) in [4.78, 5) is 0. The van der Waals surface area contributed by atoms with Crippen LogP contribution in [0.15, 0.2) is 60.7 Å². The van der Waals surface area contributed by atoms with Crippen molar-refractivity contribution < 1.29 is 19.5 Å². The molecule has 0 aliphatic rings. The number of hydrogen-bond donors (Lipinski definition) is 0. The molecule has 0 saturated heterocycles. The van der Waals surface area contributed by atoms with Gasteiger partial charge in [0.15, 0.2) is 0 Å². The van der Waals surface area contributed by atoms with Gasteiger partial charge in [-0.2, -0.15) is 0 Å². The van der Waals surface area contributed by atoms with Gasteiger partial charge in [-0.3, -0.25) is 0 Å². The molecule has 2 aromatic carbocycles. The fraction of sp³-hybridized carbons (Fsp3) is 0. The quantitative estimate of drug-likeness (QED) is 0.447. The Balaban J connectivity index is 0.000000324. The van der Waals surface area contributed by atoms with Crippen molar-refractivity contribution in [2.24, 2.45) is 0 Å². The Labute approximate surface area is 148 Å². The first kappa shape index (κ1) is 18.7. The van der Waals surface area contributed by atoms with Crippen LogP contribution < -0.4 is 0 Å². The molecular formula is C14H10S4Zn. The van der Waals surface area contributed by atoms with Crippen molar-refractivity contribution in [1.29, 1.82) is 0 Å². The summed E-state index contributed by atoms with van der Waals surface area (Å²) in [7, 11) is 0. The van der Waals surface area contributed by atoms with E-state index in [1.807, 2.05) is 60.7 Å². The van der Waals surface area contributed by atoms with Crippen LogP contribution in [0.3, 0.4) is 0 Å². The second-order valence-electron chi connectivity index (χ2n) is 3.31. The molecular weight excluding hydrogens is 362 g/mol. The topological polar surface area (TPSA) is 0 Å². The Morgan fingerprint density at radius 1 is 0.632 bits per heavy atom. The van der Waals surface area contributed by atoms with E-state index in [1.165, 1.54) is 0 Å². The average molecular weight is 372 g/mol. The number of hydrogen-bond acceptors (Lipinski definition) is 4. The zero-order valence-corrected chi connectivity index (χ0v) is 16.3. The van der Waals surface area contributed by atoms with Gasteiger partial charge in [-0.1, -0.05) is 60.7 Å². The summed E-state index contributed by atoms with van der Waals surface area (Å²) >= 11 is 19.1. The van der Waals surface area contributed by atoms with Gasteiger partial charge in [0, 0.05) is 0 Å². The van der Waals surface area contributed by atoms with E-state index in [-0.39, 0.29) is 19.5 Å². The van der Waals surface area contributed by atoms with E-state index in [4.69, 9.17) is 49.7 Å². The van der Waals surface area contributed by atoms with Gasteiger partial charge in [0.2, 0.25) is 0 Å². The minimum absolute atomic E-state index is 0. The molecule has 0 amide bonds. The normalized spacial score (nSPS) is 8.42. The minimum Gasteiger partial charge on any atom is -0.428 e. The van der Waals surface area contributed by atoms with Crippen molar-refractivity contribution in [2.75, 3.05) is 0 Å². The summed E-state index contributed by atoms with van der Waals surface area (Å²) in [5.41, 5.74) is 1.92. The average Bonchev–Trinajstić information content (AvgIpc) is 2.41. The van der Waals surface area contributed by atoms with Crippen molar-refractivity contribution in [3.8, 4) is 0 Å². The van der Waals surface area contributed by atoms with Crippen LogP contribution in [0.1, 0.15) is 11.1 Å². The molecule has 0 heterocycles. The molecule has 0 aromatic heterocycles. The smallest absolute Gasteiger partial charge is 0.428 e. The molecule has 0 aliphatic carbocycles. The third-order valence-electron chi connectivity index (χ3n) is 2.02. The predicted octanol–water partition coefficient (Wildman–Crippen LogP) is 3.82. The van der Waals surface area contributed by atoms with Crippen LogP contribution in [-0.2, 0) is 44.7 Å². The van der Waals surface area contributed by atoms with Crippen molar-refractivity contribution in [1.82, 2.24) is 0 Å². The van der Waals surface area contributed by atoms with Crippen LogP contribution >= 0.6 is 24.4 Å². The van der Waals surface area contributed by atoms with Gasteiger partial charge in [0.05, 0.1) is 0 Å². The molecule has 0 aliphatic heterocycles. The molecule has 0 unspecified atom stereocenters. The second kappa shape index (κ2) is 10.5. The molecule has 92 valence electrons. The third kappa shape index (κ3) is 7.75. The molecule has 0 nitrogen and oxygen atoms in total. The van der Waals surface area contributed by atoms with E-state index in [1.54, 1.807) is 0 Å². The van der Waals surface area contributed by atoms with Gasteiger partial charge in [-0.25, -0.2) is 0 Å². The summed E-state index contributed by atoms with van der Waals surface area (Å²) in [6.07, 6.45) is 0. The van der Waals surface area contributed by atoms with E-state index in [0.717, 1.165) is 11.1 Å². The molecule has 0 bridgehead atoms. The molecule has 19 heavy (non-hydrogen) atoms. The van der Waals surface area contributed by atoms with E-state index >= 15 is 0 Å². The number of benzene rings is 2.